The molecule has 0 spiro atoms. The SMILES string of the molecule is COc1cccc2c1CCC2Nc1cc(N2CCCC2CO)ncn1. The maximum Gasteiger partial charge on any atom is 0.134 e. The number of aliphatic hydroxyl groups is 1. The fraction of sp³-hybridized carbons (Fsp3) is 0.474. The lowest BCUT2D eigenvalue weighted by Crippen LogP contribution is -2.32. The molecule has 2 aliphatic rings. The van der Waals surface area contributed by atoms with Crippen LogP contribution >= 0.6 is 0 Å². The standard InChI is InChI=1S/C19H24N4O2/c1-25-17-6-2-5-14-15(17)7-8-16(14)22-18-10-19(21-12-20-18)23-9-3-4-13(23)11-24/h2,5-6,10,12-13,16,24H,3-4,7-9,11H2,1H3,(H,20,21,22). The average Bonchev–Trinajstić information content (AvgIpc) is 3.29. The first kappa shape index (κ1) is 16.1. The van der Waals surface area contributed by atoms with Crippen molar-refractivity contribution in [2.75, 3.05) is 30.5 Å². The molecule has 6 nitrogen and oxygen atoms in total. The van der Waals surface area contributed by atoms with E-state index in [2.05, 4.69) is 26.3 Å². The van der Waals surface area contributed by atoms with Gasteiger partial charge in [-0.3, -0.25) is 0 Å². The third-order valence-electron chi connectivity index (χ3n) is 5.30. The molecule has 132 valence electrons. The molecule has 2 unspecified atom stereocenters. The van der Waals surface area contributed by atoms with E-state index in [0.29, 0.717) is 0 Å². The first-order chi connectivity index (χ1) is 12.3. The van der Waals surface area contributed by atoms with Gasteiger partial charge in [0.15, 0.2) is 0 Å². The molecule has 1 aromatic carbocycles. The minimum atomic E-state index is 0.166. The number of benzene rings is 1. The first-order valence-corrected chi connectivity index (χ1v) is 8.92. The fourth-order valence-electron chi connectivity index (χ4n) is 4.05. The second-order valence-corrected chi connectivity index (χ2v) is 6.70. The maximum absolute atomic E-state index is 9.54. The van der Waals surface area contributed by atoms with Crippen molar-refractivity contribution in [2.45, 2.75) is 37.8 Å². The van der Waals surface area contributed by atoms with Gasteiger partial charge in [0.2, 0.25) is 0 Å². The van der Waals surface area contributed by atoms with E-state index in [1.165, 1.54) is 11.1 Å². The van der Waals surface area contributed by atoms with E-state index in [9.17, 15) is 5.11 Å². The zero-order valence-corrected chi connectivity index (χ0v) is 14.5. The lowest BCUT2D eigenvalue weighted by Gasteiger charge is -2.24. The van der Waals surface area contributed by atoms with Gasteiger partial charge >= 0.3 is 0 Å². The highest BCUT2D eigenvalue weighted by atomic mass is 16.5. The molecule has 25 heavy (non-hydrogen) atoms. The Hall–Kier alpha value is -2.34. The van der Waals surface area contributed by atoms with Crippen molar-refractivity contribution < 1.29 is 9.84 Å². The number of nitrogens with zero attached hydrogens (tertiary/aromatic N) is 3. The summed E-state index contributed by atoms with van der Waals surface area (Å²) in [6, 6.07) is 8.62. The normalized spacial score (nSPS) is 22.1. The van der Waals surface area contributed by atoms with Crippen molar-refractivity contribution >= 4 is 11.6 Å². The van der Waals surface area contributed by atoms with Crippen LogP contribution in [0.3, 0.4) is 0 Å². The summed E-state index contributed by atoms with van der Waals surface area (Å²) in [5.74, 6) is 2.68. The predicted octanol–water partition coefficient (Wildman–Crippen LogP) is 2.55. The van der Waals surface area contributed by atoms with Crippen LogP contribution in [0.25, 0.3) is 0 Å². The number of nitrogens with one attached hydrogen (secondary N) is 1. The van der Waals surface area contributed by atoms with Gasteiger partial charge in [0.1, 0.15) is 23.7 Å². The van der Waals surface area contributed by atoms with E-state index in [0.717, 1.165) is 49.6 Å². The molecule has 1 saturated heterocycles. The van der Waals surface area contributed by atoms with Gasteiger partial charge in [0.05, 0.1) is 25.8 Å². The predicted molar refractivity (Wildman–Crippen MR) is 97.2 cm³/mol. The molecule has 0 amide bonds. The first-order valence-electron chi connectivity index (χ1n) is 8.92. The van der Waals surface area contributed by atoms with Crippen LogP contribution in [0.5, 0.6) is 5.75 Å². The number of rotatable bonds is 5. The number of hydrogen-bond donors (Lipinski definition) is 2. The van der Waals surface area contributed by atoms with Crippen LogP contribution in [0.1, 0.15) is 36.4 Å². The molecule has 1 aromatic heterocycles. The van der Waals surface area contributed by atoms with Crippen LogP contribution in [0.2, 0.25) is 0 Å². The Balaban J connectivity index is 1.54. The van der Waals surface area contributed by atoms with Crippen LogP contribution in [0, 0.1) is 0 Å². The van der Waals surface area contributed by atoms with E-state index in [1.807, 2.05) is 18.2 Å². The van der Waals surface area contributed by atoms with E-state index >= 15 is 0 Å². The van der Waals surface area contributed by atoms with E-state index in [4.69, 9.17) is 4.74 Å². The summed E-state index contributed by atoms with van der Waals surface area (Å²) in [4.78, 5) is 11.0. The summed E-state index contributed by atoms with van der Waals surface area (Å²) < 4.78 is 5.48. The summed E-state index contributed by atoms with van der Waals surface area (Å²) in [5.41, 5.74) is 2.57. The van der Waals surface area contributed by atoms with Crippen LogP contribution in [0.15, 0.2) is 30.6 Å². The van der Waals surface area contributed by atoms with E-state index in [-0.39, 0.29) is 18.7 Å². The molecule has 2 atom stereocenters. The van der Waals surface area contributed by atoms with Gasteiger partial charge in [-0.15, -0.1) is 0 Å². The zero-order chi connectivity index (χ0) is 17.2. The lowest BCUT2D eigenvalue weighted by atomic mass is 10.1. The van der Waals surface area contributed by atoms with Crippen molar-refractivity contribution in [1.82, 2.24) is 9.97 Å². The van der Waals surface area contributed by atoms with Gasteiger partial charge < -0.3 is 20.1 Å². The Kier molecular flexibility index (Phi) is 4.44. The monoisotopic (exact) mass is 340 g/mol. The molecule has 1 aliphatic heterocycles. The average molecular weight is 340 g/mol. The Morgan fingerprint density at radius 1 is 1.32 bits per heavy atom. The number of anilines is 2. The molecule has 1 fully saturated rings. The van der Waals surface area contributed by atoms with Crippen molar-refractivity contribution in [2.24, 2.45) is 0 Å². The molecule has 1 aliphatic carbocycles. The molecular weight excluding hydrogens is 316 g/mol. The summed E-state index contributed by atoms with van der Waals surface area (Å²) in [6.07, 6.45) is 5.74. The van der Waals surface area contributed by atoms with Crippen molar-refractivity contribution in [3.05, 3.63) is 41.7 Å². The Morgan fingerprint density at radius 2 is 2.24 bits per heavy atom. The second-order valence-electron chi connectivity index (χ2n) is 6.70. The molecule has 2 heterocycles. The van der Waals surface area contributed by atoms with Gasteiger partial charge in [-0.25, -0.2) is 9.97 Å². The van der Waals surface area contributed by atoms with E-state index in [1.54, 1.807) is 13.4 Å². The van der Waals surface area contributed by atoms with Gasteiger partial charge in [0, 0.05) is 12.6 Å². The third-order valence-corrected chi connectivity index (χ3v) is 5.30. The quantitative estimate of drug-likeness (QED) is 0.872. The molecule has 0 saturated carbocycles. The molecule has 4 rings (SSSR count). The summed E-state index contributed by atoms with van der Waals surface area (Å²) in [6.45, 7) is 1.10. The van der Waals surface area contributed by atoms with Gasteiger partial charge in [-0.2, -0.15) is 0 Å². The molecule has 2 N–H and O–H groups in total. The topological polar surface area (TPSA) is 70.5 Å². The number of methoxy groups -OCH3 is 1. The van der Waals surface area contributed by atoms with Crippen LogP contribution in [-0.2, 0) is 6.42 Å². The van der Waals surface area contributed by atoms with Crippen LogP contribution in [-0.4, -0.2) is 41.4 Å². The van der Waals surface area contributed by atoms with Crippen molar-refractivity contribution in [3.8, 4) is 5.75 Å². The fourth-order valence-corrected chi connectivity index (χ4v) is 4.05. The number of ether oxygens (including phenoxy) is 1. The smallest absolute Gasteiger partial charge is 0.134 e. The highest BCUT2D eigenvalue weighted by Crippen LogP contribution is 2.38. The minimum absolute atomic E-state index is 0.166. The number of aromatic nitrogens is 2. The maximum atomic E-state index is 9.54. The van der Waals surface area contributed by atoms with Gasteiger partial charge in [-0.1, -0.05) is 12.1 Å². The molecule has 6 heteroatoms. The molecule has 0 bridgehead atoms. The Labute approximate surface area is 147 Å². The Morgan fingerprint density at radius 3 is 3.08 bits per heavy atom. The van der Waals surface area contributed by atoms with E-state index < -0.39 is 0 Å². The number of hydrogen-bond acceptors (Lipinski definition) is 6. The van der Waals surface area contributed by atoms with Crippen molar-refractivity contribution in [1.29, 1.82) is 0 Å². The summed E-state index contributed by atoms with van der Waals surface area (Å²) >= 11 is 0. The highest BCUT2D eigenvalue weighted by Gasteiger charge is 2.27. The number of aliphatic hydroxyl groups excluding tert-OH is 1. The highest BCUT2D eigenvalue weighted by molar-refractivity contribution is 5.53. The van der Waals surface area contributed by atoms with Gasteiger partial charge in [0.25, 0.3) is 0 Å². The zero-order valence-electron chi connectivity index (χ0n) is 14.5. The molecular formula is C19H24N4O2. The largest absolute Gasteiger partial charge is 0.496 e. The third kappa shape index (κ3) is 3.02. The minimum Gasteiger partial charge on any atom is -0.496 e. The van der Waals surface area contributed by atoms with Crippen molar-refractivity contribution in [3.63, 3.8) is 0 Å². The lowest BCUT2D eigenvalue weighted by molar-refractivity contribution is 0.266. The Bertz CT molecular complexity index is 752. The molecule has 2 aromatic rings. The summed E-state index contributed by atoms with van der Waals surface area (Å²) in [5, 5.41) is 13.1. The summed E-state index contributed by atoms with van der Waals surface area (Å²) in [7, 11) is 1.72. The second kappa shape index (κ2) is 6.88. The van der Waals surface area contributed by atoms with Crippen LogP contribution in [0.4, 0.5) is 11.6 Å². The molecule has 0 radical (unpaired) electrons. The number of fused-ring (bicyclic) bond motifs is 1. The van der Waals surface area contributed by atoms with Crippen LogP contribution < -0.4 is 15.0 Å². The van der Waals surface area contributed by atoms with Gasteiger partial charge in [-0.05, 0) is 42.9 Å².